The molecule has 3 N–H and O–H groups in total. The number of halogens is 1. The average molecular weight is 268 g/mol. The van der Waals surface area contributed by atoms with Crippen LogP contribution in [0, 0.1) is 12.7 Å². The number of ether oxygens (including phenoxy) is 1. The minimum atomic E-state index is -0.564. The minimum Gasteiger partial charge on any atom is -0.481 e. The summed E-state index contributed by atoms with van der Waals surface area (Å²) in [6.45, 7) is 7.34. The molecule has 19 heavy (non-hydrogen) atoms. The zero-order chi connectivity index (χ0) is 14.6. The molecule has 0 atom stereocenters. The number of nitrogens with two attached hydrogens (primary N) is 1. The standard InChI is InChI=1S/C14H21FN2O2/c1-5-14(3,4)17-13(18)8-19-12-6-9(2)11(16)7-10(12)15/h6-7H,5,8,16H2,1-4H3,(H,17,18). The second-order valence-corrected chi connectivity index (χ2v) is 5.21. The van der Waals surface area contributed by atoms with Crippen LogP contribution in [-0.4, -0.2) is 18.1 Å². The summed E-state index contributed by atoms with van der Waals surface area (Å²) in [5.41, 5.74) is 6.35. The van der Waals surface area contributed by atoms with Crippen molar-refractivity contribution in [1.29, 1.82) is 0 Å². The molecule has 5 heteroatoms. The first-order valence-electron chi connectivity index (χ1n) is 6.24. The van der Waals surface area contributed by atoms with E-state index in [1.807, 2.05) is 20.8 Å². The Hall–Kier alpha value is -1.78. The number of carbonyl (C=O) groups excluding carboxylic acids is 1. The van der Waals surface area contributed by atoms with Crippen LogP contribution in [0.1, 0.15) is 32.8 Å². The highest BCUT2D eigenvalue weighted by atomic mass is 19.1. The average Bonchev–Trinajstić information content (AvgIpc) is 2.31. The van der Waals surface area contributed by atoms with E-state index in [0.717, 1.165) is 6.42 Å². The molecule has 0 saturated carbocycles. The molecule has 0 fully saturated rings. The Morgan fingerprint density at radius 2 is 2.11 bits per heavy atom. The van der Waals surface area contributed by atoms with E-state index in [1.54, 1.807) is 6.92 Å². The molecule has 0 aliphatic heterocycles. The van der Waals surface area contributed by atoms with E-state index in [4.69, 9.17) is 10.5 Å². The summed E-state index contributed by atoms with van der Waals surface area (Å²) in [5, 5.41) is 2.81. The lowest BCUT2D eigenvalue weighted by atomic mass is 10.0. The highest BCUT2D eigenvalue weighted by Gasteiger charge is 2.18. The molecular formula is C14H21FN2O2. The van der Waals surface area contributed by atoms with E-state index in [-0.39, 0.29) is 23.8 Å². The number of hydrogen-bond acceptors (Lipinski definition) is 3. The van der Waals surface area contributed by atoms with Gasteiger partial charge in [0.2, 0.25) is 0 Å². The van der Waals surface area contributed by atoms with Gasteiger partial charge in [-0.25, -0.2) is 4.39 Å². The monoisotopic (exact) mass is 268 g/mol. The van der Waals surface area contributed by atoms with Gasteiger partial charge in [-0.15, -0.1) is 0 Å². The van der Waals surface area contributed by atoms with Crippen molar-refractivity contribution in [3.8, 4) is 5.75 Å². The number of nitrogens with one attached hydrogen (secondary N) is 1. The van der Waals surface area contributed by atoms with Gasteiger partial charge in [0.25, 0.3) is 5.91 Å². The fourth-order valence-corrected chi connectivity index (χ4v) is 1.43. The van der Waals surface area contributed by atoms with Crippen LogP contribution in [-0.2, 0) is 4.79 Å². The molecule has 0 saturated heterocycles. The highest BCUT2D eigenvalue weighted by Crippen LogP contribution is 2.23. The van der Waals surface area contributed by atoms with Crippen LogP contribution < -0.4 is 15.8 Å². The van der Waals surface area contributed by atoms with Crippen molar-refractivity contribution in [2.75, 3.05) is 12.3 Å². The number of rotatable bonds is 5. The van der Waals surface area contributed by atoms with Gasteiger partial charge in [0.15, 0.2) is 18.2 Å². The Kier molecular flexibility index (Phi) is 4.75. The smallest absolute Gasteiger partial charge is 0.258 e. The third kappa shape index (κ3) is 4.43. The minimum absolute atomic E-state index is 0.0381. The number of hydrogen-bond donors (Lipinski definition) is 2. The van der Waals surface area contributed by atoms with E-state index < -0.39 is 5.82 Å². The van der Waals surface area contributed by atoms with Crippen molar-refractivity contribution in [3.63, 3.8) is 0 Å². The largest absolute Gasteiger partial charge is 0.481 e. The van der Waals surface area contributed by atoms with Gasteiger partial charge in [-0.3, -0.25) is 4.79 Å². The van der Waals surface area contributed by atoms with Gasteiger partial charge in [-0.1, -0.05) is 6.92 Å². The first-order valence-corrected chi connectivity index (χ1v) is 6.24. The third-order valence-corrected chi connectivity index (χ3v) is 3.04. The lowest BCUT2D eigenvalue weighted by Crippen LogP contribution is -2.44. The van der Waals surface area contributed by atoms with Gasteiger partial charge in [0, 0.05) is 17.3 Å². The second kappa shape index (κ2) is 5.91. The number of carbonyl (C=O) groups is 1. The molecule has 1 amide bonds. The summed E-state index contributed by atoms with van der Waals surface area (Å²) in [6, 6.07) is 2.68. The van der Waals surface area contributed by atoms with Gasteiger partial charge in [-0.05, 0) is 38.8 Å². The van der Waals surface area contributed by atoms with Crippen molar-refractivity contribution >= 4 is 11.6 Å². The Morgan fingerprint density at radius 1 is 1.47 bits per heavy atom. The fraction of sp³-hybridized carbons (Fsp3) is 0.500. The molecule has 0 radical (unpaired) electrons. The first-order chi connectivity index (χ1) is 8.75. The number of aryl methyl sites for hydroxylation is 1. The SMILES string of the molecule is CCC(C)(C)NC(=O)COc1cc(C)c(N)cc1F. The number of anilines is 1. The van der Waals surface area contributed by atoms with Gasteiger partial charge >= 0.3 is 0 Å². The molecule has 4 nitrogen and oxygen atoms in total. The van der Waals surface area contributed by atoms with E-state index in [1.165, 1.54) is 12.1 Å². The Morgan fingerprint density at radius 3 is 2.68 bits per heavy atom. The van der Waals surface area contributed by atoms with Crippen LogP contribution in [0.5, 0.6) is 5.75 Å². The molecule has 0 bridgehead atoms. The summed E-state index contributed by atoms with van der Waals surface area (Å²) in [7, 11) is 0. The van der Waals surface area contributed by atoms with E-state index in [2.05, 4.69) is 5.32 Å². The Labute approximate surface area is 113 Å². The number of nitrogen functional groups attached to an aromatic ring is 1. The predicted molar refractivity (Wildman–Crippen MR) is 73.6 cm³/mol. The number of benzene rings is 1. The van der Waals surface area contributed by atoms with Crippen molar-refractivity contribution < 1.29 is 13.9 Å². The van der Waals surface area contributed by atoms with Crippen molar-refractivity contribution in [2.45, 2.75) is 39.7 Å². The van der Waals surface area contributed by atoms with Gasteiger partial charge in [0.05, 0.1) is 0 Å². The van der Waals surface area contributed by atoms with Crippen LogP contribution in [0.15, 0.2) is 12.1 Å². The summed E-state index contributed by atoms with van der Waals surface area (Å²) < 4.78 is 18.7. The molecule has 1 rings (SSSR count). The molecule has 0 heterocycles. The summed E-state index contributed by atoms with van der Waals surface area (Å²) in [5.74, 6) is -0.803. The highest BCUT2D eigenvalue weighted by molar-refractivity contribution is 5.78. The predicted octanol–water partition coefficient (Wildman–Crippen LogP) is 2.40. The lowest BCUT2D eigenvalue weighted by molar-refractivity contribution is -0.124. The van der Waals surface area contributed by atoms with Crippen molar-refractivity contribution in [2.24, 2.45) is 0 Å². The van der Waals surface area contributed by atoms with Crippen molar-refractivity contribution in [1.82, 2.24) is 5.32 Å². The van der Waals surface area contributed by atoms with Crippen LogP contribution in [0.3, 0.4) is 0 Å². The molecule has 0 unspecified atom stereocenters. The molecule has 1 aromatic carbocycles. The molecule has 0 spiro atoms. The second-order valence-electron chi connectivity index (χ2n) is 5.21. The molecule has 0 aromatic heterocycles. The first kappa shape index (κ1) is 15.3. The third-order valence-electron chi connectivity index (χ3n) is 3.04. The zero-order valence-electron chi connectivity index (χ0n) is 11.8. The maximum Gasteiger partial charge on any atom is 0.258 e. The molecule has 1 aromatic rings. The maximum absolute atomic E-state index is 13.5. The van der Waals surface area contributed by atoms with Crippen LogP contribution in [0.2, 0.25) is 0 Å². The molecule has 106 valence electrons. The van der Waals surface area contributed by atoms with E-state index >= 15 is 0 Å². The Balaban J connectivity index is 2.63. The normalized spacial score (nSPS) is 11.2. The molecule has 0 aliphatic carbocycles. The van der Waals surface area contributed by atoms with E-state index in [0.29, 0.717) is 11.3 Å². The quantitative estimate of drug-likeness (QED) is 0.806. The van der Waals surface area contributed by atoms with Gasteiger partial charge < -0.3 is 15.8 Å². The topological polar surface area (TPSA) is 64.3 Å². The summed E-state index contributed by atoms with van der Waals surface area (Å²) >= 11 is 0. The Bertz CT molecular complexity index is 473. The van der Waals surface area contributed by atoms with Crippen LogP contribution >= 0.6 is 0 Å². The van der Waals surface area contributed by atoms with Gasteiger partial charge in [0.1, 0.15) is 0 Å². The van der Waals surface area contributed by atoms with Crippen molar-refractivity contribution in [3.05, 3.63) is 23.5 Å². The molecular weight excluding hydrogens is 247 g/mol. The molecule has 0 aliphatic rings. The van der Waals surface area contributed by atoms with Crippen LogP contribution in [0.25, 0.3) is 0 Å². The summed E-state index contributed by atoms with van der Waals surface area (Å²) in [4.78, 5) is 11.7. The van der Waals surface area contributed by atoms with Crippen LogP contribution in [0.4, 0.5) is 10.1 Å². The van der Waals surface area contributed by atoms with E-state index in [9.17, 15) is 9.18 Å². The zero-order valence-corrected chi connectivity index (χ0v) is 11.8. The summed E-state index contributed by atoms with van der Waals surface area (Å²) in [6.07, 6.45) is 0.800. The van der Waals surface area contributed by atoms with Gasteiger partial charge in [-0.2, -0.15) is 0 Å². The maximum atomic E-state index is 13.5. The fourth-order valence-electron chi connectivity index (χ4n) is 1.43. The number of amides is 1. The lowest BCUT2D eigenvalue weighted by Gasteiger charge is -2.24.